The number of carbonyl (C=O) groups excluding carboxylic acids is 1. The molecule has 0 heterocycles. The van der Waals surface area contributed by atoms with Crippen LogP contribution in [0.5, 0.6) is 0 Å². The largest absolute Gasteiger partial charge is 0.447 e. The number of hydrogen-bond acceptors (Lipinski definition) is 4. The van der Waals surface area contributed by atoms with Crippen LogP contribution in [0.2, 0.25) is 0 Å². The van der Waals surface area contributed by atoms with Crippen molar-refractivity contribution in [1.29, 1.82) is 0 Å². The van der Waals surface area contributed by atoms with Crippen LogP contribution >= 0.6 is 15.9 Å². The second kappa shape index (κ2) is 8.38. The lowest BCUT2D eigenvalue weighted by Crippen LogP contribution is -2.32. The molecule has 0 aromatic heterocycles. The first-order chi connectivity index (χ1) is 12.1. The summed E-state index contributed by atoms with van der Waals surface area (Å²) in [5, 5.41) is 0. The van der Waals surface area contributed by atoms with E-state index < -0.39 is 21.6 Å². The van der Waals surface area contributed by atoms with Gasteiger partial charge in [-0.3, -0.25) is 4.79 Å². The minimum absolute atomic E-state index is 0.0207. The van der Waals surface area contributed by atoms with E-state index in [1.807, 2.05) is 6.08 Å². The molecular weight excluding hydrogens is 418 g/mol. The number of ether oxygens (including phenoxy) is 1. The molecule has 0 spiro atoms. The number of rotatable bonds is 6. The van der Waals surface area contributed by atoms with Crippen molar-refractivity contribution in [3.63, 3.8) is 0 Å². The first-order valence-electron chi connectivity index (χ1n) is 8.23. The summed E-state index contributed by atoms with van der Waals surface area (Å²) in [4.78, 5) is 11.3. The second-order valence-corrected chi connectivity index (χ2v) is 9.37. The maximum atomic E-state index is 12.9. The number of carbonyl (C=O) groups is 1. The summed E-state index contributed by atoms with van der Waals surface area (Å²) in [5.41, 5.74) is 0.294. The van der Waals surface area contributed by atoms with Gasteiger partial charge in [-0.1, -0.05) is 39.4 Å². The van der Waals surface area contributed by atoms with E-state index in [1.54, 1.807) is 38.1 Å². The van der Waals surface area contributed by atoms with Crippen LogP contribution in [-0.2, 0) is 19.6 Å². The number of hydrogen-bond donors (Lipinski definition) is 0. The van der Waals surface area contributed by atoms with Gasteiger partial charge in [0.05, 0.1) is 11.4 Å². The van der Waals surface area contributed by atoms with E-state index >= 15 is 0 Å². The summed E-state index contributed by atoms with van der Waals surface area (Å²) < 4.78 is 33.1. The molecule has 1 aromatic carbocycles. The fourth-order valence-electron chi connectivity index (χ4n) is 2.24. The maximum Gasteiger partial charge on any atom is 0.304 e. The van der Waals surface area contributed by atoms with E-state index in [-0.39, 0.29) is 18.0 Å². The summed E-state index contributed by atoms with van der Waals surface area (Å²) in [7, 11) is -3.67. The molecule has 1 aliphatic rings. The average molecular weight is 440 g/mol. The number of halogens is 1. The minimum atomic E-state index is -3.67. The molecule has 7 heteroatoms. The molecule has 1 saturated carbocycles. The quantitative estimate of drug-likeness (QED) is 0.386. The Morgan fingerprint density at radius 3 is 2.46 bits per heavy atom. The van der Waals surface area contributed by atoms with Crippen molar-refractivity contribution in [1.82, 2.24) is 4.31 Å². The highest BCUT2D eigenvalue weighted by molar-refractivity contribution is 9.10. The number of nitrogens with zero attached hydrogens (tertiary/aromatic N) is 1. The third-order valence-corrected chi connectivity index (χ3v) is 5.97. The highest BCUT2D eigenvalue weighted by atomic mass is 79.9. The molecule has 1 aromatic rings. The van der Waals surface area contributed by atoms with Crippen LogP contribution in [0.4, 0.5) is 0 Å². The van der Waals surface area contributed by atoms with E-state index in [1.165, 1.54) is 16.8 Å². The van der Waals surface area contributed by atoms with Gasteiger partial charge in [0.2, 0.25) is 10.0 Å². The van der Waals surface area contributed by atoms with E-state index in [9.17, 15) is 13.2 Å². The summed E-state index contributed by atoms with van der Waals surface area (Å²) >= 11 is 3.31. The highest BCUT2D eigenvalue weighted by Gasteiger charge is 2.24. The van der Waals surface area contributed by atoms with Gasteiger partial charge in [0.1, 0.15) is 0 Å². The van der Waals surface area contributed by atoms with Gasteiger partial charge in [-0.15, -0.1) is 0 Å². The van der Waals surface area contributed by atoms with Gasteiger partial charge < -0.3 is 4.74 Å². The fraction of sp³-hybridized carbons (Fsp3) is 0.421. The van der Waals surface area contributed by atoms with E-state index in [4.69, 9.17) is 4.74 Å². The lowest BCUT2D eigenvalue weighted by atomic mass is 10.1. The topological polar surface area (TPSA) is 63.7 Å². The Hall–Kier alpha value is -1.62. The van der Waals surface area contributed by atoms with Crippen LogP contribution in [0, 0.1) is 11.8 Å². The van der Waals surface area contributed by atoms with Gasteiger partial charge in [0.15, 0.2) is 5.60 Å². The monoisotopic (exact) mass is 439 g/mol. The maximum absolute atomic E-state index is 12.9. The molecule has 1 fully saturated rings. The molecule has 0 atom stereocenters. The first-order valence-corrected chi connectivity index (χ1v) is 10.5. The lowest BCUT2D eigenvalue weighted by Gasteiger charge is -2.20. The van der Waals surface area contributed by atoms with Gasteiger partial charge in [-0.05, 0) is 51.0 Å². The summed E-state index contributed by atoms with van der Waals surface area (Å²) in [6, 6.07) is 6.51. The number of esters is 1. The van der Waals surface area contributed by atoms with Gasteiger partial charge in [-0.2, -0.15) is 4.31 Å². The summed E-state index contributed by atoms with van der Waals surface area (Å²) in [6.45, 7) is 4.95. The summed E-state index contributed by atoms with van der Waals surface area (Å²) in [5.74, 6) is 5.24. The molecule has 0 amide bonds. The molecule has 1 aliphatic carbocycles. The highest BCUT2D eigenvalue weighted by Crippen LogP contribution is 2.28. The molecule has 0 saturated heterocycles. The van der Waals surface area contributed by atoms with Crippen LogP contribution < -0.4 is 0 Å². The van der Waals surface area contributed by atoms with Crippen molar-refractivity contribution in [2.45, 2.75) is 44.1 Å². The predicted octanol–water partition coefficient (Wildman–Crippen LogP) is 3.51. The Morgan fingerprint density at radius 1 is 1.31 bits per heavy atom. The lowest BCUT2D eigenvalue weighted by molar-refractivity contribution is -0.148. The van der Waals surface area contributed by atoms with Gasteiger partial charge >= 0.3 is 5.97 Å². The fourth-order valence-corrected chi connectivity index (χ4v) is 3.78. The second-order valence-electron chi connectivity index (χ2n) is 6.52. The van der Waals surface area contributed by atoms with Crippen molar-refractivity contribution in [2.75, 3.05) is 13.1 Å². The van der Waals surface area contributed by atoms with Crippen molar-refractivity contribution in [3.8, 4) is 11.8 Å². The Labute approximate surface area is 163 Å². The molecule has 0 bridgehead atoms. The van der Waals surface area contributed by atoms with Crippen LogP contribution in [-0.4, -0.2) is 37.4 Å². The molecule has 0 N–H and O–H groups in total. The normalized spacial score (nSPS) is 13.8. The summed E-state index contributed by atoms with van der Waals surface area (Å²) in [6.07, 6.45) is 3.99. The molecular formula is C19H22BrNO4S. The Balaban J connectivity index is 2.22. The predicted molar refractivity (Wildman–Crippen MR) is 104 cm³/mol. The van der Waals surface area contributed by atoms with Crippen LogP contribution in [0.25, 0.3) is 0 Å². The molecule has 2 rings (SSSR count). The van der Waals surface area contributed by atoms with Crippen molar-refractivity contribution in [3.05, 3.63) is 40.4 Å². The van der Waals surface area contributed by atoms with E-state index in [2.05, 4.69) is 27.8 Å². The molecule has 26 heavy (non-hydrogen) atoms. The van der Waals surface area contributed by atoms with Crippen molar-refractivity contribution >= 4 is 31.9 Å². The van der Waals surface area contributed by atoms with Gasteiger partial charge in [0.25, 0.3) is 0 Å². The van der Waals surface area contributed by atoms with Crippen molar-refractivity contribution < 1.29 is 17.9 Å². The molecule has 0 unspecified atom stereocenters. The van der Waals surface area contributed by atoms with Crippen LogP contribution in [0.3, 0.4) is 0 Å². The number of allylic oxidation sites excluding steroid dienone is 1. The Bertz CT molecular complexity index is 855. The zero-order chi connectivity index (χ0) is 19.4. The van der Waals surface area contributed by atoms with E-state index in [0.717, 1.165) is 17.3 Å². The third kappa shape index (κ3) is 6.27. The van der Waals surface area contributed by atoms with Crippen molar-refractivity contribution in [2.24, 2.45) is 0 Å². The number of benzene rings is 1. The average Bonchev–Trinajstić information content (AvgIpc) is 3.33. The standard InChI is InChI=1S/C19H22BrNO4S/c1-15(22)25-19(2,3)12-4-13-21(14-11-16-5-6-16)26(23,24)18-9-7-17(20)8-10-18/h7-11H,5-6,13-14H2,1-3H3. The zero-order valence-corrected chi connectivity index (χ0v) is 17.5. The Kier molecular flexibility index (Phi) is 6.67. The smallest absolute Gasteiger partial charge is 0.304 e. The Morgan fingerprint density at radius 2 is 1.92 bits per heavy atom. The zero-order valence-electron chi connectivity index (χ0n) is 15.1. The van der Waals surface area contributed by atoms with E-state index in [0.29, 0.717) is 0 Å². The molecule has 140 valence electrons. The molecule has 0 radical (unpaired) electrons. The van der Waals surface area contributed by atoms with Gasteiger partial charge in [0, 0.05) is 17.9 Å². The van der Waals surface area contributed by atoms with Gasteiger partial charge in [-0.25, -0.2) is 8.42 Å². The SMILES string of the molecule is CC(=O)OC(C)(C)C#CCN(CC=C1CC1)S(=O)(=O)c1ccc(Br)cc1. The third-order valence-electron chi connectivity index (χ3n) is 3.62. The molecule has 5 nitrogen and oxygen atoms in total. The minimum Gasteiger partial charge on any atom is -0.447 e. The first kappa shape index (κ1) is 20.7. The molecule has 0 aliphatic heterocycles. The number of sulfonamides is 1. The van der Waals surface area contributed by atoms with Crippen LogP contribution in [0.1, 0.15) is 33.6 Å². The van der Waals surface area contributed by atoms with Crippen LogP contribution in [0.15, 0.2) is 45.3 Å².